The summed E-state index contributed by atoms with van der Waals surface area (Å²) in [6.07, 6.45) is 2.39. The van der Waals surface area contributed by atoms with Gasteiger partial charge in [-0.3, -0.25) is 9.80 Å². The van der Waals surface area contributed by atoms with Crippen LogP contribution in [0.4, 0.5) is 0 Å². The Kier molecular flexibility index (Phi) is 5.83. The number of aliphatic hydroxyl groups excluding tert-OH is 1. The summed E-state index contributed by atoms with van der Waals surface area (Å²) >= 11 is 0. The van der Waals surface area contributed by atoms with Gasteiger partial charge in [-0.1, -0.05) is 30.3 Å². The van der Waals surface area contributed by atoms with E-state index in [1.807, 2.05) is 0 Å². The quantitative estimate of drug-likeness (QED) is 0.844. The van der Waals surface area contributed by atoms with Gasteiger partial charge in [-0.15, -0.1) is 0 Å². The molecule has 0 amide bonds. The van der Waals surface area contributed by atoms with Crippen LogP contribution in [0.5, 0.6) is 0 Å². The van der Waals surface area contributed by atoms with Crippen LogP contribution in [-0.4, -0.2) is 60.3 Å². The fourth-order valence-corrected chi connectivity index (χ4v) is 2.77. The molecule has 0 saturated carbocycles. The largest absolute Gasteiger partial charge is 0.395 e. The highest BCUT2D eigenvalue weighted by Gasteiger charge is 2.20. The molecular weight excluding hydrogens is 236 g/mol. The zero-order valence-electron chi connectivity index (χ0n) is 12.0. The molecule has 106 valence electrons. The van der Waals surface area contributed by atoms with Crippen molar-refractivity contribution in [2.75, 3.05) is 39.3 Å². The second-order valence-electron chi connectivity index (χ2n) is 5.47. The zero-order chi connectivity index (χ0) is 13.5. The summed E-state index contributed by atoms with van der Waals surface area (Å²) in [6, 6.07) is 11.4. The van der Waals surface area contributed by atoms with E-state index in [1.54, 1.807) is 0 Å². The third-order valence-corrected chi connectivity index (χ3v) is 4.14. The van der Waals surface area contributed by atoms with Crippen LogP contribution in [0.15, 0.2) is 30.3 Å². The van der Waals surface area contributed by atoms with Gasteiger partial charge in [0, 0.05) is 38.8 Å². The summed E-state index contributed by atoms with van der Waals surface area (Å²) in [5.74, 6) is 0. The first-order chi connectivity index (χ1) is 9.29. The molecule has 0 aliphatic carbocycles. The van der Waals surface area contributed by atoms with Crippen LogP contribution in [0.2, 0.25) is 0 Å². The molecule has 0 bridgehead atoms. The third-order valence-electron chi connectivity index (χ3n) is 4.14. The number of benzene rings is 1. The van der Waals surface area contributed by atoms with E-state index >= 15 is 0 Å². The van der Waals surface area contributed by atoms with Gasteiger partial charge in [0.05, 0.1) is 6.61 Å². The smallest absolute Gasteiger partial charge is 0.0558 e. The van der Waals surface area contributed by atoms with E-state index in [1.165, 1.54) is 18.4 Å². The Hall–Kier alpha value is -0.900. The zero-order valence-corrected chi connectivity index (χ0v) is 12.0. The molecule has 2 rings (SSSR count). The summed E-state index contributed by atoms with van der Waals surface area (Å²) in [5, 5.41) is 8.95. The Morgan fingerprint density at radius 3 is 2.42 bits per heavy atom. The van der Waals surface area contributed by atoms with Crippen molar-refractivity contribution < 1.29 is 5.11 Å². The summed E-state index contributed by atoms with van der Waals surface area (Å²) in [5.41, 5.74) is 1.44. The van der Waals surface area contributed by atoms with E-state index in [-0.39, 0.29) is 6.61 Å². The van der Waals surface area contributed by atoms with E-state index in [2.05, 4.69) is 47.1 Å². The van der Waals surface area contributed by atoms with Gasteiger partial charge >= 0.3 is 0 Å². The number of aryl methyl sites for hydroxylation is 1. The minimum Gasteiger partial charge on any atom is -0.395 e. The molecule has 1 aliphatic heterocycles. The molecule has 0 radical (unpaired) electrons. The molecule has 0 spiro atoms. The molecule has 1 unspecified atom stereocenters. The van der Waals surface area contributed by atoms with Crippen molar-refractivity contribution in [3.8, 4) is 0 Å². The molecule has 1 N–H and O–H groups in total. The molecule has 1 saturated heterocycles. The first kappa shape index (κ1) is 14.5. The third kappa shape index (κ3) is 4.60. The van der Waals surface area contributed by atoms with Gasteiger partial charge in [-0.05, 0) is 25.3 Å². The fraction of sp³-hybridized carbons (Fsp3) is 0.625. The first-order valence-electron chi connectivity index (χ1n) is 7.41. The molecule has 3 heteroatoms. The molecule has 1 aromatic rings. The minimum absolute atomic E-state index is 0.281. The molecule has 1 fully saturated rings. The summed E-state index contributed by atoms with van der Waals surface area (Å²) in [4.78, 5) is 4.93. The van der Waals surface area contributed by atoms with Gasteiger partial charge < -0.3 is 5.11 Å². The van der Waals surface area contributed by atoms with Crippen molar-refractivity contribution in [1.82, 2.24) is 9.80 Å². The van der Waals surface area contributed by atoms with Crippen molar-refractivity contribution in [1.29, 1.82) is 0 Å². The molecule has 0 aromatic heterocycles. The van der Waals surface area contributed by atoms with E-state index in [0.717, 1.165) is 32.7 Å². The van der Waals surface area contributed by atoms with Gasteiger partial charge in [0.1, 0.15) is 0 Å². The van der Waals surface area contributed by atoms with E-state index in [9.17, 15) is 0 Å². The Balaban J connectivity index is 1.71. The Morgan fingerprint density at radius 2 is 1.79 bits per heavy atom. The van der Waals surface area contributed by atoms with Crippen LogP contribution < -0.4 is 0 Å². The van der Waals surface area contributed by atoms with Crippen LogP contribution >= 0.6 is 0 Å². The average molecular weight is 262 g/mol. The number of rotatable bonds is 6. The van der Waals surface area contributed by atoms with Crippen molar-refractivity contribution >= 4 is 0 Å². The summed E-state index contributed by atoms with van der Waals surface area (Å²) in [6.45, 7) is 7.90. The predicted octanol–water partition coefficient (Wildman–Crippen LogP) is 1.62. The molecule has 3 nitrogen and oxygen atoms in total. The van der Waals surface area contributed by atoms with Crippen LogP contribution in [-0.2, 0) is 6.42 Å². The topological polar surface area (TPSA) is 26.7 Å². The molecule has 1 aliphatic rings. The fourth-order valence-electron chi connectivity index (χ4n) is 2.77. The maximum Gasteiger partial charge on any atom is 0.0558 e. The van der Waals surface area contributed by atoms with E-state index < -0.39 is 0 Å². The lowest BCUT2D eigenvalue weighted by molar-refractivity contribution is 0.0862. The lowest BCUT2D eigenvalue weighted by Gasteiger charge is -2.38. The molecule has 1 atom stereocenters. The normalized spacial score (nSPS) is 19.5. The second kappa shape index (κ2) is 7.63. The van der Waals surface area contributed by atoms with Crippen molar-refractivity contribution in [3.63, 3.8) is 0 Å². The SMILES string of the molecule is CC(CCc1ccccc1)N1CCN(CCO)CC1. The van der Waals surface area contributed by atoms with Crippen molar-refractivity contribution in [2.24, 2.45) is 0 Å². The number of aliphatic hydroxyl groups is 1. The molecular formula is C16H26N2O. The number of piperazine rings is 1. The Labute approximate surface area is 116 Å². The van der Waals surface area contributed by atoms with Crippen LogP contribution in [0.3, 0.4) is 0 Å². The number of nitrogens with zero attached hydrogens (tertiary/aromatic N) is 2. The minimum atomic E-state index is 0.281. The van der Waals surface area contributed by atoms with E-state index in [4.69, 9.17) is 5.11 Å². The van der Waals surface area contributed by atoms with Crippen LogP contribution in [0.1, 0.15) is 18.9 Å². The van der Waals surface area contributed by atoms with Gasteiger partial charge in [0.2, 0.25) is 0 Å². The average Bonchev–Trinajstić information content (AvgIpc) is 2.47. The Bertz CT molecular complexity index is 347. The van der Waals surface area contributed by atoms with E-state index in [0.29, 0.717) is 6.04 Å². The lowest BCUT2D eigenvalue weighted by atomic mass is 10.0. The summed E-state index contributed by atoms with van der Waals surface area (Å²) < 4.78 is 0. The standard InChI is InChI=1S/C16H26N2O/c1-15(7-8-16-5-3-2-4-6-16)18-11-9-17(10-12-18)13-14-19/h2-6,15,19H,7-14H2,1H3. The lowest BCUT2D eigenvalue weighted by Crippen LogP contribution is -2.50. The predicted molar refractivity (Wildman–Crippen MR) is 79.3 cm³/mol. The van der Waals surface area contributed by atoms with Crippen molar-refractivity contribution in [3.05, 3.63) is 35.9 Å². The first-order valence-corrected chi connectivity index (χ1v) is 7.41. The number of β-amino-alcohol motifs (C(OH)–C–C–N with tert-alkyl or cyclic N) is 1. The van der Waals surface area contributed by atoms with Gasteiger partial charge in [-0.25, -0.2) is 0 Å². The van der Waals surface area contributed by atoms with Crippen LogP contribution in [0.25, 0.3) is 0 Å². The highest BCUT2D eigenvalue weighted by atomic mass is 16.3. The maximum atomic E-state index is 8.95. The highest BCUT2D eigenvalue weighted by molar-refractivity contribution is 5.14. The van der Waals surface area contributed by atoms with Gasteiger partial charge in [0.15, 0.2) is 0 Å². The highest BCUT2D eigenvalue weighted by Crippen LogP contribution is 2.12. The number of hydrogen-bond donors (Lipinski definition) is 1. The number of hydrogen-bond acceptors (Lipinski definition) is 3. The summed E-state index contributed by atoms with van der Waals surface area (Å²) in [7, 11) is 0. The van der Waals surface area contributed by atoms with Crippen molar-refractivity contribution in [2.45, 2.75) is 25.8 Å². The molecule has 1 heterocycles. The van der Waals surface area contributed by atoms with Gasteiger partial charge in [0.25, 0.3) is 0 Å². The Morgan fingerprint density at radius 1 is 1.11 bits per heavy atom. The monoisotopic (exact) mass is 262 g/mol. The van der Waals surface area contributed by atoms with Gasteiger partial charge in [-0.2, -0.15) is 0 Å². The second-order valence-corrected chi connectivity index (χ2v) is 5.47. The molecule has 1 aromatic carbocycles. The van der Waals surface area contributed by atoms with Crippen LogP contribution in [0, 0.1) is 0 Å². The maximum absolute atomic E-state index is 8.95. The molecule has 19 heavy (non-hydrogen) atoms.